The maximum absolute atomic E-state index is 11.6. The minimum atomic E-state index is -0.401. The molecule has 0 aromatic carbocycles. The number of rotatable bonds is 4. The van der Waals surface area contributed by atoms with Gasteiger partial charge in [0.2, 0.25) is 6.29 Å². The fourth-order valence-electron chi connectivity index (χ4n) is 1.96. The maximum atomic E-state index is 11.6. The predicted octanol–water partition coefficient (Wildman–Crippen LogP) is 2.12. The van der Waals surface area contributed by atoms with E-state index in [1.165, 1.54) is 0 Å². The summed E-state index contributed by atoms with van der Waals surface area (Å²) in [5, 5.41) is 0. The minimum Gasteiger partial charge on any atom is -0.345 e. The van der Waals surface area contributed by atoms with Gasteiger partial charge < -0.3 is 9.47 Å². The first-order valence-corrected chi connectivity index (χ1v) is 6.24. The molecule has 1 aliphatic carbocycles. The standard InChI is InChI=1S/C14H15NO3/c16-12(10-3-4-10)6-5-11-2-1-7-15-13(11)14-17-8-9-18-14/h1-2,5-7,10,14H,3-4,8-9H2/b6-5+. The molecule has 0 spiro atoms. The van der Waals surface area contributed by atoms with E-state index in [9.17, 15) is 4.79 Å². The van der Waals surface area contributed by atoms with Crippen molar-refractivity contribution in [3.8, 4) is 0 Å². The summed E-state index contributed by atoms with van der Waals surface area (Å²) >= 11 is 0. The van der Waals surface area contributed by atoms with Gasteiger partial charge in [-0.1, -0.05) is 6.07 Å². The predicted molar refractivity (Wildman–Crippen MR) is 65.6 cm³/mol. The van der Waals surface area contributed by atoms with E-state index in [0.717, 1.165) is 24.1 Å². The zero-order valence-electron chi connectivity index (χ0n) is 10.0. The van der Waals surface area contributed by atoms with E-state index in [0.29, 0.717) is 13.2 Å². The Bertz CT molecular complexity index is 474. The minimum absolute atomic E-state index is 0.207. The van der Waals surface area contributed by atoms with Gasteiger partial charge in [0.05, 0.1) is 13.2 Å². The highest BCUT2D eigenvalue weighted by Crippen LogP contribution is 2.31. The first kappa shape index (κ1) is 11.6. The molecule has 1 saturated heterocycles. The summed E-state index contributed by atoms with van der Waals surface area (Å²) < 4.78 is 10.9. The van der Waals surface area contributed by atoms with Gasteiger partial charge in [-0.05, 0) is 31.1 Å². The molecule has 0 N–H and O–H groups in total. The molecule has 2 aliphatic rings. The average molecular weight is 245 g/mol. The monoisotopic (exact) mass is 245 g/mol. The van der Waals surface area contributed by atoms with Crippen LogP contribution < -0.4 is 0 Å². The molecule has 0 bridgehead atoms. The van der Waals surface area contributed by atoms with Crippen molar-refractivity contribution in [2.45, 2.75) is 19.1 Å². The molecule has 94 valence electrons. The zero-order chi connectivity index (χ0) is 12.4. The van der Waals surface area contributed by atoms with E-state index < -0.39 is 6.29 Å². The number of aromatic nitrogens is 1. The molecule has 1 aromatic rings. The van der Waals surface area contributed by atoms with Crippen molar-refractivity contribution in [3.05, 3.63) is 35.7 Å². The van der Waals surface area contributed by atoms with E-state index in [1.807, 2.05) is 18.2 Å². The Labute approximate surface area is 106 Å². The highest BCUT2D eigenvalue weighted by molar-refractivity contribution is 5.96. The Kier molecular flexibility index (Phi) is 3.21. The van der Waals surface area contributed by atoms with Crippen molar-refractivity contribution in [3.63, 3.8) is 0 Å². The summed E-state index contributed by atoms with van der Waals surface area (Å²) in [7, 11) is 0. The molecule has 3 rings (SSSR count). The van der Waals surface area contributed by atoms with Crippen LogP contribution in [-0.4, -0.2) is 24.0 Å². The van der Waals surface area contributed by atoms with E-state index in [1.54, 1.807) is 12.3 Å². The molecular weight excluding hydrogens is 230 g/mol. The van der Waals surface area contributed by atoms with Crippen molar-refractivity contribution in [2.24, 2.45) is 5.92 Å². The van der Waals surface area contributed by atoms with Crippen LogP contribution in [0.2, 0.25) is 0 Å². The van der Waals surface area contributed by atoms with Crippen LogP contribution in [0.1, 0.15) is 30.4 Å². The number of hydrogen-bond acceptors (Lipinski definition) is 4. The van der Waals surface area contributed by atoms with Gasteiger partial charge in [-0.15, -0.1) is 0 Å². The highest BCUT2D eigenvalue weighted by Gasteiger charge is 2.27. The maximum Gasteiger partial charge on any atom is 0.201 e. The van der Waals surface area contributed by atoms with Crippen LogP contribution in [0.15, 0.2) is 24.4 Å². The molecular formula is C14H15NO3. The normalized spacial score (nSPS) is 20.7. The SMILES string of the molecule is O=C(/C=C/c1cccnc1C1OCCO1)C1CC1. The van der Waals surface area contributed by atoms with Gasteiger partial charge in [0.25, 0.3) is 0 Å². The van der Waals surface area contributed by atoms with Crippen LogP contribution in [-0.2, 0) is 14.3 Å². The smallest absolute Gasteiger partial charge is 0.201 e. The van der Waals surface area contributed by atoms with E-state index >= 15 is 0 Å². The number of allylic oxidation sites excluding steroid dienone is 1. The third-order valence-electron chi connectivity index (χ3n) is 3.12. The van der Waals surface area contributed by atoms with Gasteiger partial charge in [-0.2, -0.15) is 0 Å². The summed E-state index contributed by atoms with van der Waals surface area (Å²) in [5.41, 5.74) is 1.63. The largest absolute Gasteiger partial charge is 0.345 e. The first-order valence-electron chi connectivity index (χ1n) is 6.24. The highest BCUT2D eigenvalue weighted by atomic mass is 16.7. The number of carbonyl (C=O) groups excluding carboxylic acids is 1. The third-order valence-corrected chi connectivity index (χ3v) is 3.12. The number of pyridine rings is 1. The topological polar surface area (TPSA) is 48.4 Å². The molecule has 4 nitrogen and oxygen atoms in total. The molecule has 0 radical (unpaired) electrons. The Hall–Kier alpha value is -1.52. The average Bonchev–Trinajstić information content (AvgIpc) is 3.12. The van der Waals surface area contributed by atoms with Crippen LogP contribution >= 0.6 is 0 Å². The molecule has 2 fully saturated rings. The molecule has 1 aromatic heterocycles. The Morgan fingerprint density at radius 1 is 1.33 bits per heavy atom. The van der Waals surface area contributed by atoms with Crippen molar-refractivity contribution >= 4 is 11.9 Å². The zero-order valence-corrected chi connectivity index (χ0v) is 10.0. The summed E-state index contributed by atoms with van der Waals surface area (Å²) in [6.07, 6.45) is 6.82. The second kappa shape index (κ2) is 5.00. The van der Waals surface area contributed by atoms with Gasteiger partial charge in [0.15, 0.2) is 5.78 Å². The number of ether oxygens (including phenoxy) is 2. The molecule has 18 heavy (non-hydrogen) atoms. The van der Waals surface area contributed by atoms with Crippen LogP contribution in [0.25, 0.3) is 6.08 Å². The van der Waals surface area contributed by atoms with Gasteiger partial charge in [0, 0.05) is 17.7 Å². The van der Waals surface area contributed by atoms with Gasteiger partial charge in [-0.3, -0.25) is 9.78 Å². The summed E-state index contributed by atoms with van der Waals surface area (Å²) in [6, 6.07) is 3.77. The van der Waals surface area contributed by atoms with Crippen LogP contribution in [0, 0.1) is 5.92 Å². The van der Waals surface area contributed by atoms with Crippen molar-refractivity contribution < 1.29 is 14.3 Å². The molecule has 0 unspecified atom stereocenters. The first-order chi connectivity index (χ1) is 8.84. The summed E-state index contributed by atoms with van der Waals surface area (Å²) in [5.74, 6) is 0.457. The van der Waals surface area contributed by atoms with Gasteiger partial charge in [-0.25, -0.2) is 0 Å². The Balaban J connectivity index is 1.79. The molecule has 0 atom stereocenters. The van der Waals surface area contributed by atoms with Crippen LogP contribution in [0.4, 0.5) is 0 Å². The fraction of sp³-hybridized carbons (Fsp3) is 0.429. The number of ketones is 1. The number of carbonyl (C=O) groups is 1. The Morgan fingerprint density at radius 2 is 2.11 bits per heavy atom. The van der Waals surface area contributed by atoms with Crippen LogP contribution in [0.3, 0.4) is 0 Å². The van der Waals surface area contributed by atoms with Gasteiger partial charge >= 0.3 is 0 Å². The van der Waals surface area contributed by atoms with Crippen molar-refractivity contribution in [1.29, 1.82) is 0 Å². The summed E-state index contributed by atoms with van der Waals surface area (Å²) in [6.45, 7) is 1.18. The molecule has 1 aliphatic heterocycles. The molecule has 0 amide bonds. The summed E-state index contributed by atoms with van der Waals surface area (Å²) in [4.78, 5) is 15.9. The van der Waals surface area contributed by atoms with Gasteiger partial charge in [0.1, 0.15) is 5.69 Å². The fourth-order valence-corrected chi connectivity index (χ4v) is 1.96. The second-order valence-corrected chi connectivity index (χ2v) is 4.56. The Morgan fingerprint density at radius 3 is 2.83 bits per heavy atom. The van der Waals surface area contributed by atoms with E-state index in [-0.39, 0.29) is 11.7 Å². The molecule has 2 heterocycles. The van der Waals surface area contributed by atoms with Crippen molar-refractivity contribution in [2.75, 3.05) is 13.2 Å². The lowest BCUT2D eigenvalue weighted by Gasteiger charge is -2.10. The lowest BCUT2D eigenvalue weighted by molar-refractivity contribution is -0.115. The van der Waals surface area contributed by atoms with E-state index in [4.69, 9.17) is 9.47 Å². The molecule has 4 heteroatoms. The number of nitrogens with zero attached hydrogens (tertiary/aromatic N) is 1. The van der Waals surface area contributed by atoms with E-state index in [2.05, 4.69) is 4.98 Å². The van der Waals surface area contributed by atoms with Crippen LogP contribution in [0.5, 0.6) is 0 Å². The third kappa shape index (κ3) is 2.49. The lowest BCUT2D eigenvalue weighted by Crippen LogP contribution is -2.03. The second-order valence-electron chi connectivity index (χ2n) is 4.56. The number of hydrogen-bond donors (Lipinski definition) is 0. The quantitative estimate of drug-likeness (QED) is 0.762. The lowest BCUT2D eigenvalue weighted by atomic mass is 10.1. The van der Waals surface area contributed by atoms with Crippen molar-refractivity contribution in [1.82, 2.24) is 4.98 Å². The molecule has 1 saturated carbocycles.